The predicted octanol–water partition coefficient (Wildman–Crippen LogP) is 1.32. The lowest BCUT2D eigenvalue weighted by Gasteiger charge is -2.14. The summed E-state index contributed by atoms with van der Waals surface area (Å²) in [5.41, 5.74) is 0.426. The van der Waals surface area contributed by atoms with Crippen LogP contribution in [0.5, 0.6) is 0 Å². The maximum atomic E-state index is 11.2. The van der Waals surface area contributed by atoms with Gasteiger partial charge in [0, 0.05) is 6.54 Å². The highest BCUT2D eigenvalue weighted by Crippen LogP contribution is 2.24. The van der Waals surface area contributed by atoms with Crippen LogP contribution in [0.3, 0.4) is 0 Å². The molecular formula is C13H19NO4. The zero-order valence-corrected chi connectivity index (χ0v) is 10.5. The van der Waals surface area contributed by atoms with Gasteiger partial charge in [-0.1, -0.05) is 6.42 Å². The Morgan fingerprint density at radius 2 is 2.44 bits per heavy atom. The molecule has 1 aromatic rings. The fourth-order valence-corrected chi connectivity index (χ4v) is 2.33. The maximum absolute atomic E-state index is 11.2. The normalized spacial score (nSPS) is 23.2. The van der Waals surface area contributed by atoms with Gasteiger partial charge in [0.1, 0.15) is 12.0 Å². The third kappa shape index (κ3) is 3.11. The summed E-state index contributed by atoms with van der Waals surface area (Å²) in [5, 5.41) is 12.9. The highest BCUT2D eigenvalue weighted by atomic mass is 16.5. The Morgan fingerprint density at radius 1 is 1.61 bits per heavy atom. The van der Waals surface area contributed by atoms with Gasteiger partial charge in [-0.15, -0.1) is 0 Å². The van der Waals surface area contributed by atoms with Gasteiger partial charge in [0.2, 0.25) is 0 Å². The van der Waals surface area contributed by atoms with E-state index in [4.69, 9.17) is 4.42 Å². The number of hydrogen-bond donors (Lipinski definition) is 2. The van der Waals surface area contributed by atoms with Crippen LogP contribution in [0.2, 0.25) is 0 Å². The molecule has 2 rings (SSSR count). The molecule has 1 heterocycles. The third-order valence-electron chi connectivity index (χ3n) is 3.40. The minimum atomic E-state index is -0.392. The van der Waals surface area contributed by atoms with Gasteiger partial charge in [0.15, 0.2) is 0 Å². The summed E-state index contributed by atoms with van der Waals surface area (Å²) < 4.78 is 9.85. The number of carbonyl (C=O) groups is 1. The molecule has 1 aromatic heterocycles. The fraction of sp³-hybridized carbons (Fsp3) is 0.615. The summed E-state index contributed by atoms with van der Waals surface area (Å²) in [4.78, 5) is 11.2. The minimum absolute atomic E-state index is 0.181. The first kappa shape index (κ1) is 13.1. The Labute approximate surface area is 106 Å². The molecule has 1 aliphatic carbocycles. The van der Waals surface area contributed by atoms with E-state index in [0.717, 1.165) is 25.8 Å². The van der Waals surface area contributed by atoms with Gasteiger partial charge < -0.3 is 19.6 Å². The van der Waals surface area contributed by atoms with Crippen molar-refractivity contribution < 1.29 is 19.1 Å². The number of esters is 1. The largest absolute Gasteiger partial charge is 0.467 e. The molecule has 18 heavy (non-hydrogen) atoms. The predicted molar refractivity (Wildman–Crippen MR) is 65.1 cm³/mol. The molecule has 1 fully saturated rings. The molecule has 0 amide bonds. The Morgan fingerprint density at radius 3 is 3.11 bits per heavy atom. The lowest BCUT2D eigenvalue weighted by atomic mass is 10.1. The number of rotatable bonds is 5. The van der Waals surface area contributed by atoms with Crippen molar-refractivity contribution in [1.29, 1.82) is 0 Å². The van der Waals surface area contributed by atoms with Crippen molar-refractivity contribution in [2.24, 2.45) is 5.92 Å². The van der Waals surface area contributed by atoms with Gasteiger partial charge in [0.25, 0.3) is 0 Å². The van der Waals surface area contributed by atoms with Gasteiger partial charge in [-0.2, -0.15) is 0 Å². The number of methoxy groups -OCH3 is 1. The summed E-state index contributed by atoms with van der Waals surface area (Å²) in [5.74, 6) is 0.638. The molecule has 0 bridgehead atoms. The molecule has 2 N–H and O–H groups in total. The number of carbonyl (C=O) groups excluding carboxylic acids is 1. The quantitative estimate of drug-likeness (QED) is 0.774. The Hall–Kier alpha value is -1.33. The van der Waals surface area contributed by atoms with Crippen LogP contribution < -0.4 is 5.32 Å². The highest BCUT2D eigenvalue weighted by Gasteiger charge is 2.24. The van der Waals surface area contributed by atoms with E-state index < -0.39 is 5.97 Å². The van der Waals surface area contributed by atoms with Gasteiger partial charge >= 0.3 is 5.97 Å². The molecule has 0 saturated heterocycles. The summed E-state index contributed by atoms with van der Waals surface area (Å²) in [7, 11) is 1.34. The summed E-state index contributed by atoms with van der Waals surface area (Å²) in [6.45, 7) is 1.33. The molecule has 5 nitrogen and oxygen atoms in total. The number of hydrogen-bond acceptors (Lipinski definition) is 5. The summed E-state index contributed by atoms with van der Waals surface area (Å²) >= 11 is 0. The summed E-state index contributed by atoms with van der Waals surface area (Å²) in [6, 6.07) is 1.67. The summed E-state index contributed by atoms with van der Waals surface area (Å²) in [6.07, 6.45) is 4.28. The number of ether oxygens (including phenoxy) is 1. The number of nitrogens with one attached hydrogen (secondary N) is 1. The number of aliphatic hydroxyl groups excluding tert-OH is 1. The van der Waals surface area contributed by atoms with Crippen molar-refractivity contribution >= 4 is 5.97 Å². The van der Waals surface area contributed by atoms with Gasteiger partial charge in [-0.25, -0.2) is 4.79 Å². The van der Waals surface area contributed by atoms with Crippen molar-refractivity contribution in [1.82, 2.24) is 5.32 Å². The van der Waals surface area contributed by atoms with Crippen molar-refractivity contribution in [2.75, 3.05) is 13.7 Å². The monoisotopic (exact) mass is 253 g/mol. The van der Waals surface area contributed by atoms with Crippen LogP contribution >= 0.6 is 0 Å². The third-order valence-corrected chi connectivity index (χ3v) is 3.40. The lowest BCUT2D eigenvalue weighted by molar-refractivity contribution is 0.0600. The van der Waals surface area contributed by atoms with E-state index in [1.54, 1.807) is 6.07 Å². The number of furan rings is 1. The van der Waals surface area contributed by atoms with E-state index >= 15 is 0 Å². The minimum Gasteiger partial charge on any atom is -0.467 e. The second-order valence-electron chi connectivity index (χ2n) is 4.68. The van der Waals surface area contributed by atoms with Gasteiger partial charge in [-0.3, -0.25) is 0 Å². The Balaban J connectivity index is 1.76. The van der Waals surface area contributed by atoms with Crippen molar-refractivity contribution in [3.05, 3.63) is 23.7 Å². The van der Waals surface area contributed by atoms with E-state index in [2.05, 4.69) is 10.1 Å². The molecular weight excluding hydrogens is 234 g/mol. The second kappa shape index (κ2) is 6.02. The lowest BCUT2D eigenvalue weighted by Crippen LogP contribution is -2.27. The average Bonchev–Trinajstić information content (AvgIpc) is 2.99. The number of aliphatic hydroxyl groups is 1. The van der Waals surface area contributed by atoms with Crippen LogP contribution in [-0.4, -0.2) is 30.8 Å². The molecule has 1 saturated carbocycles. The van der Waals surface area contributed by atoms with E-state index in [1.165, 1.54) is 13.4 Å². The molecule has 0 aromatic carbocycles. The van der Waals surface area contributed by atoms with E-state index in [0.29, 0.717) is 23.8 Å². The van der Waals surface area contributed by atoms with E-state index in [-0.39, 0.29) is 6.10 Å². The second-order valence-corrected chi connectivity index (χ2v) is 4.68. The van der Waals surface area contributed by atoms with E-state index in [9.17, 15) is 9.90 Å². The zero-order chi connectivity index (χ0) is 13.0. The first-order chi connectivity index (χ1) is 8.70. The highest BCUT2D eigenvalue weighted by molar-refractivity contribution is 5.88. The topological polar surface area (TPSA) is 71.7 Å². The molecule has 0 spiro atoms. The first-order valence-electron chi connectivity index (χ1n) is 6.25. The van der Waals surface area contributed by atoms with Crippen LogP contribution in [0.1, 0.15) is 35.4 Å². The van der Waals surface area contributed by atoms with Crippen LogP contribution in [0.4, 0.5) is 0 Å². The van der Waals surface area contributed by atoms with Crippen LogP contribution in [-0.2, 0) is 11.3 Å². The maximum Gasteiger partial charge on any atom is 0.341 e. The van der Waals surface area contributed by atoms with Crippen LogP contribution in [0, 0.1) is 5.92 Å². The average molecular weight is 253 g/mol. The molecule has 0 aliphatic heterocycles. The molecule has 2 atom stereocenters. The van der Waals surface area contributed by atoms with Crippen molar-refractivity contribution in [3.63, 3.8) is 0 Å². The van der Waals surface area contributed by atoms with Crippen molar-refractivity contribution in [2.45, 2.75) is 31.9 Å². The smallest absolute Gasteiger partial charge is 0.341 e. The molecule has 0 radical (unpaired) electrons. The zero-order valence-electron chi connectivity index (χ0n) is 10.5. The van der Waals surface area contributed by atoms with E-state index in [1.807, 2.05) is 0 Å². The molecule has 100 valence electrons. The fourth-order valence-electron chi connectivity index (χ4n) is 2.33. The SMILES string of the molecule is COC(=O)c1coc(CNCC2CCCC2O)c1. The van der Waals surface area contributed by atoms with Crippen molar-refractivity contribution in [3.8, 4) is 0 Å². The Kier molecular flexibility index (Phi) is 4.38. The molecule has 5 heteroatoms. The van der Waals surface area contributed by atoms with Gasteiger partial charge in [-0.05, 0) is 24.8 Å². The molecule has 2 unspecified atom stereocenters. The van der Waals surface area contributed by atoms with Gasteiger partial charge in [0.05, 0.1) is 25.3 Å². The molecule has 1 aliphatic rings. The van der Waals surface area contributed by atoms with Crippen LogP contribution in [0.15, 0.2) is 16.7 Å². The van der Waals surface area contributed by atoms with Crippen LogP contribution in [0.25, 0.3) is 0 Å². The Bertz CT molecular complexity index is 401. The standard InChI is InChI=1S/C13H19NO4/c1-17-13(16)10-5-11(18-8-10)7-14-6-9-3-2-4-12(9)15/h5,8-9,12,14-15H,2-4,6-7H2,1H3. The first-order valence-corrected chi connectivity index (χ1v) is 6.25.